The summed E-state index contributed by atoms with van der Waals surface area (Å²) in [4.78, 5) is 19.0. The van der Waals surface area contributed by atoms with Gasteiger partial charge in [-0.25, -0.2) is 0 Å². The van der Waals surface area contributed by atoms with Crippen LogP contribution < -0.4 is 10.6 Å². The Morgan fingerprint density at radius 1 is 1.19 bits per heavy atom. The highest BCUT2D eigenvalue weighted by Crippen LogP contribution is 2.38. The Hall–Kier alpha value is -1.95. The maximum absolute atomic E-state index is 13.3. The van der Waals surface area contributed by atoms with Crippen molar-refractivity contribution in [2.75, 3.05) is 7.05 Å². The summed E-state index contributed by atoms with van der Waals surface area (Å²) in [6.07, 6.45) is 17.9. The Labute approximate surface area is 187 Å². The number of amides is 1. The third-order valence-corrected chi connectivity index (χ3v) is 7.85. The van der Waals surface area contributed by atoms with Crippen molar-refractivity contribution in [3.63, 3.8) is 0 Å². The Morgan fingerprint density at radius 3 is 2.71 bits per heavy atom. The summed E-state index contributed by atoms with van der Waals surface area (Å²) in [7, 11) is 1.75. The molecule has 3 atom stereocenters. The maximum Gasteiger partial charge on any atom is 0.254 e. The molecule has 3 N–H and O–H groups in total. The van der Waals surface area contributed by atoms with Gasteiger partial charge in [0, 0.05) is 32.0 Å². The molecule has 0 radical (unpaired) electrons. The number of pyridine rings is 1. The first kappa shape index (κ1) is 22.3. The van der Waals surface area contributed by atoms with Gasteiger partial charge >= 0.3 is 0 Å². The number of hydrogen-bond donors (Lipinski definition) is 3. The van der Waals surface area contributed by atoms with E-state index >= 15 is 0 Å². The molecule has 3 aliphatic rings. The highest BCUT2D eigenvalue weighted by molar-refractivity contribution is 6.07. The highest BCUT2D eigenvalue weighted by atomic mass is 16.2. The molecule has 1 aromatic rings. The van der Waals surface area contributed by atoms with Crippen LogP contribution in [0.5, 0.6) is 0 Å². The summed E-state index contributed by atoms with van der Waals surface area (Å²) in [6, 6.07) is 4.59. The second-order valence-electron chi connectivity index (χ2n) is 10.1. The standard InChI is InChI=1S/C25H39N5O/c1-30-23(31)25(29-24(30)26,13-12-19-7-3-2-4-8-19)16-20-9-5-11-22(15-20)28-18-21-10-6-14-27-17-21/h6,10,14,17,19-20,22,28H,2-5,7-9,11-13,15-16,18H2,1H3,(H2,26,29)/t20-,22+,25+/m0/s1. The predicted molar refractivity (Wildman–Crippen MR) is 124 cm³/mol. The first-order valence-electron chi connectivity index (χ1n) is 12.3. The molecule has 0 spiro atoms. The maximum atomic E-state index is 13.3. The van der Waals surface area contributed by atoms with E-state index in [1.807, 2.05) is 18.5 Å². The zero-order chi connectivity index (χ0) is 21.7. The molecule has 170 valence electrons. The lowest BCUT2D eigenvalue weighted by molar-refractivity contribution is -0.131. The van der Waals surface area contributed by atoms with Crippen LogP contribution in [0.2, 0.25) is 0 Å². The van der Waals surface area contributed by atoms with Gasteiger partial charge in [-0.05, 0) is 55.6 Å². The SMILES string of the molecule is CN1C(=N)N[C@](CCC2CCCCC2)(C[C@H]2CCC[C@@H](NCc3cccnc3)C2)C1=O. The summed E-state index contributed by atoms with van der Waals surface area (Å²) < 4.78 is 0. The summed E-state index contributed by atoms with van der Waals surface area (Å²) in [5, 5.41) is 15.3. The van der Waals surface area contributed by atoms with Crippen molar-refractivity contribution in [2.24, 2.45) is 11.8 Å². The average Bonchev–Trinajstić information content (AvgIpc) is 3.01. The fraction of sp³-hybridized carbons (Fsp3) is 0.720. The molecule has 3 fully saturated rings. The number of nitrogens with one attached hydrogen (secondary N) is 3. The number of rotatable bonds is 8. The monoisotopic (exact) mass is 425 g/mol. The fourth-order valence-corrected chi connectivity index (χ4v) is 6.04. The second-order valence-corrected chi connectivity index (χ2v) is 10.1. The Kier molecular flexibility index (Phi) is 7.26. The zero-order valence-corrected chi connectivity index (χ0v) is 19.0. The number of guanidine groups is 1. The van der Waals surface area contributed by atoms with Gasteiger partial charge in [0.1, 0.15) is 5.54 Å². The van der Waals surface area contributed by atoms with Gasteiger partial charge in [0.2, 0.25) is 0 Å². The van der Waals surface area contributed by atoms with Crippen LogP contribution in [0, 0.1) is 17.2 Å². The van der Waals surface area contributed by atoms with Crippen molar-refractivity contribution in [1.29, 1.82) is 5.41 Å². The van der Waals surface area contributed by atoms with E-state index in [1.54, 1.807) is 7.05 Å². The normalized spacial score (nSPS) is 29.9. The van der Waals surface area contributed by atoms with Crippen LogP contribution in [0.25, 0.3) is 0 Å². The van der Waals surface area contributed by atoms with Crippen LogP contribution >= 0.6 is 0 Å². The zero-order valence-electron chi connectivity index (χ0n) is 19.0. The van der Waals surface area contributed by atoms with Crippen LogP contribution in [-0.4, -0.2) is 40.4 Å². The molecule has 1 aliphatic heterocycles. The first-order chi connectivity index (χ1) is 15.1. The molecular formula is C25H39N5O. The molecule has 1 saturated heterocycles. The molecule has 6 heteroatoms. The van der Waals surface area contributed by atoms with Gasteiger partial charge in [0.05, 0.1) is 0 Å². The molecule has 6 nitrogen and oxygen atoms in total. The summed E-state index contributed by atoms with van der Waals surface area (Å²) in [6.45, 7) is 0.850. The minimum atomic E-state index is -0.570. The van der Waals surface area contributed by atoms with Crippen molar-refractivity contribution < 1.29 is 4.79 Å². The molecule has 2 saturated carbocycles. The average molecular weight is 426 g/mol. The van der Waals surface area contributed by atoms with Gasteiger partial charge in [0.25, 0.3) is 5.91 Å². The first-order valence-corrected chi connectivity index (χ1v) is 12.3. The van der Waals surface area contributed by atoms with Crippen LogP contribution in [0.1, 0.15) is 82.6 Å². The van der Waals surface area contributed by atoms with E-state index < -0.39 is 5.54 Å². The highest BCUT2D eigenvalue weighted by Gasteiger charge is 2.49. The van der Waals surface area contributed by atoms with E-state index in [4.69, 9.17) is 5.41 Å². The lowest BCUT2D eigenvalue weighted by atomic mass is 9.74. The van der Waals surface area contributed by atoms with Crippen molar-refractivity contribution in [3.8, 4) is 0 Å². The Balaban J connectivity index is 1.37. The molecule has 1 aromatic heterocycles. The predicted octanol–water partition coefficient (Wildman–Crippen LogP) is 4.22. The van der Waals surface area contributed by atoms with Crippen LogP contribution in [0.3, 0.4) is 0 Å². The van der Waals surface area contributed by atoms with E-state index in [9.17, 15) is 4.79 Å². The van der Waals surface area contributed by atoms with Gasteiger partial charge in [-0.3, -0.25) is 20.1 Å². The molecule has 1 amide bonds. The molecule has 2 aliphatic carbocycles. The fourth-order valence-electron chi connectivity index (χ4n) is 6.04. The van der Waals surface area contributed by atoms with E-state index in [1.165, 1.54) is 61.8 Å². The molecular weight excluding hydrogens is 386 g/mol. The minimum Gasteiger partial charge on any atom is -0.342 e. The van der Waals surface area contributed by atoms with Gasteiger partial charge in [-0.15, -0.1) is 0 Å². The van der Waals surface area contributed by atoms with Crippen molar-refractivity contribution in [1.82, 2.24) is 20.5 Å². The van der Waals surface area contributed by atoms with Crippen molar-refractivity contribution in [2.45, 2.75) is 95.2 Å². The number of aromatic nitrogens is 1. The summed E-state index contributed by atoms with van der Waals surface area (Å²) >= 11 is 0. The van der Waals surface area contributed by atoms with Gasteiger partial charge in [0.15, 0.2) is 5.96 Å². The molecule has 2 heterocycles. The molecule has 0 aromatic carbocycles. The molecule has 4 rings (SSSR count). The molecule has 0 bridgehead atoms. The largest absolute Gasteiger partial charge is 0.342 e. The Morgan fingerprint density at radius 2 is 2.00 bits per heavy atom. The number of nitrogens with zero attached hydrogens (tertiary/aromatic N) is 2. The quantitative estimate of drug-likeness (QED) is 0.583. The summed E-state index contributed by atoms with van der Waals surface area (Å²) in [5.74, 6) is 1.65. The van der Waals surface area contributed by atoms with Gasteiger partial charge in [-0.2, -0.15) is 0 Å². The van der Waals surface area contributed by atoms with Gasteiger partial charge < -0.3 is 10.6 Å². The minimum absolute atomic E-state index is 0.110. The van der Waals surface area contributed by atoms with Crippen LogP contribution in [0.4, 0.5) is 0 Å². The second kappa shape index (κ2) is 10.1. The number of carbonyl (C=O) groups excluding carboxylic acids is 1. The molecule has 0 unspecified atom stereocenters. The van der Waals surface area contributed by atoms with Crippen molar-refractivity contribution >= 4 is 11.9 Å². The lowest BCUT2D eigenvalue weighted by Gasteiger charge is -2.37. The van der Waals surface area contributed by atoms with E-state index in [2.05, 4.69) is 21.7 Å². The van der Waals surface area contributed by atoms with Gasteiger partial charge in [-0.1, -0.05) is 51.0 Å². The van der Waals surface area contributed by atoms with E-state index in [0.717, 1.165) is 38.1 Å². The lowest BCUT2D eigenvalue weighted by Crippen LogP contribution is -2.49. The third kappa shape index (κ3) is 5.46. The van der Waals surface area contributed by atoms with Crippen LogP contribution in [0.15, 0.2) is 24.5 Å². The van der Waals surface area contributed by atoms with Crippen LogP contribution in [-0.2, 0) is 11.3 Å². The number of carbonyl (C=O) groups is 1. The number of likely N-dealkylation sites (N-methyl/N-ethyl adjacent to an activating group) is 1. The van der Waals surface area contributed by atoms with E-state index in [0.29, 0.717) is 12.0 Å². The smallest absolute Gasteiger partial charge is 0.254 e. The third-order valence-electron chi connectivity index (χ3n) is 7.85. The van der Waals surface area contributed by atoms with E-state index in [-0.39, 0.29) is 11.9 Å². The molecule has 31 heavy (non-hydrogen) atoms. The topological polar surface area (TPSA) is 81.1 Å². The Bertz CT molecular complexity index is 748. The van der Waals surface area contributed by atoms with Crippen molar-refractivity contribution in [3.05, 3.63) is 30.1 Å². The summed E-state index contributed by atoms with van der Waals surface area (Å²) in [5.41, 5.74) is 0.649. The number of hydrogen-bond acceptors (Lipinski definition) is 4.